The summed E-state index contributed by atoms with van der Waals surface area (Å²) < 4.78 is 12.8. The smallest absolute Gasteiger partial charge is 0.123 e. The van der Waals surface area contributed by atoms with E-state index in [2.05, 4.69) is 0 Å². The molecule has 0 spiro atoms. The standard InChI is InChI=1S/C10H15FN2/c1-13(2)7-10(12)8-4-3-5-9(11)6-8/h3-6,10H,7,12H2,1-2H3/t10-/m1/s1. The van der Waals surface area contributed by atoms with Crippen LogP contribution in [0.2, 0.25) is 0 Å². The highest BCUT2D eigenvalue weighted by atomic mass is 19.1. The quantitative estimate of drug-likeness (QED) is 0.765. The van der Waals surface area contributed by atoms with Gasteiger partial charge in [-0.1, -0.05) is 12.1 Å². The van der Waals surface area contributed by atoms with E-state index < -0.39 is 0 Å². The Hall–Kier alpha value is -0.930. The predicted octanol–water partition coefficient (Wildman–Crippen LogP) is 1.39. The van der Waals surface area contributed by atoms with Gasteiger partial charge in [0.25, 0.3) is 0 Å². The maximum atomic E-state index is 12.8. The van der Waals surface area contributed by atoms with Crippen molar-refractivity contribution in [3.05, 3.63) is 35.6 Å². The van der Waals surface area contributed by atoms with Crippen LogP contribution < -0.4 is 5.73 Å². The largest absolute Gasteiger partial charge is 0.323 e. The third-order valence-electron chi connectivity index (χ3n) is 1.84. The van der Waals surface area contributed by atoms with Crippen molar-refractivity contribution in [2.75, 3.05) is 20.6 Å². The molecule has 0 aliphatic heterocycles. The first-order valence-corrected chi connectivity index (χ1v) is 4.25. The van der Waals surface area contributed by atoms with Crippen molar-refractivity contribution >= 4 is 0 Å². The van der Waals surface area contributed by atoms with Crippen molar-refractivity contribution in [1.29, 1.82) is 0 Å². The van der Waals surface area contributed by atoms with Crippen molar-refractivity contribution < 1.29 is 4.39 Å². The van der Waals surface area contributed by atoms with E-state index in [9.17, 15) is 4.39 Å². The highest BCUT2D eigenvalue weighted by Crippen LogP contribution is 2.11. The Kier molecular flexibility index (Phi) is 3.39. The van der Waals surface area contributed by atoms with E-state index in [1.807, 2.05) is 25.1 Å². The lowest BCUT2D eigenvalue weighted by atomic mass is 10.1. The number of halogens is 1. The molecule has 72 valence electrons. The number of rotatable bonds is 3. The first kappa shape index (κ1) is 10.2. The molecule has 1 rings (SSSR count). The number of hydrogen-bond acceptors (Lipinski definition) is 2. The van der Waals surface area contributed by atoms with Gasteiger partial charge < -0.3 is 10.6 Å². The van der Waals surface area contributed by atoms with Crippen LogP contribution in [0.1, 0.15) is 11.6 Å². The maximum absolute atomic E-state index is 12.8. The van der Waals surface area contributed by atoms with E-state index >= 15 is 0 Å². The van der Waals surface area contributed by atoms with E-state index in [1.165, 1.54) is 12.1 Å². The van der Waals surface area contributed by atoms with Gasteiger partial charge in [-0.3, -0.25) is 0 Å². The van der Waals surface area contributed by atoms with Gasteiger partial charge in [-0.15, -0.1) is 0 Å². The summed E-state index contributed by atoms with van der Waals surface area (Å²) in [5, 5.41) is 0. The number of benzene rings is 1. The molecule has 1 aromatic rings. The highest BCUT2D eigenvalue weighted by molar-refractivity contribution is 5.19. The van der Waals surface area contributed by atoms with Gasteiger partial charge in [-0.05, 0) is 31.8 Å². The fourth-order valence-electron chi connectivity index (χ4n) is 1.24. The minimum absolute atomic E-state index is 0.120. The molecular formula is C10H15FN2. The highest BCUT2D eigenvalue weighted by Gasteiger charge is 2.06. The van der Waals surface area contributed by atoms with Gasteiger partial charge >= 0.3 is 0 Å². The molecular weight excluding hydrogens is 167 g/mol. The number of nitrogens with zero attached hydrogens (tertiary/aromatic N) is 1. The Labute approximate surface area is 78.2 Å². The summed E-state index contributed by atoms with van der Waals surface area (Å²) in [6.45, 7) is 0.726. The number of nitrogens with two attached hydrogens (primary N) is 1. The Bertz CT molecular complexity index is 273. The molecule has 0 aliphatic carbocycles. The van der Waals surface area contributed by atoms with Crippen LogP contribution in [0, 0.1) is 5.82 Å². The number of likely N-dealkylation sites (N-methyl/N-ethyl adjacent to an activating group) is 1. The van der Waals surface area contributed by atoms with E-state index in [-0.39, 0.29) is 11.9 Å². The van der Waals surface area contributed by atoms with Gasteiger partial charge in [0, 0.05) is 12.6 Å². The van der Waals surface area contributed by atoms with Crippen LogP contribution in [0.25, 0.3) is 0 Å². The molecule has 13 heavy (non-hydrogen) atoms. The van der Waals surface area contributed by atoms with E-state index in [4.69, 9.17) is 5.73 Å². The van der Waals surface area contributed by atoms with Crippen molar-refractivity contribution in [3.8, 4) is 0 Å². The van der Waals surface area contributed by atoms with Crippen molar-refractivity contribution in [2.45, 2.75) is 6.04 Å². The molecule has 3 heteroatoms. The zero-order valence-corrected chi connectivity index (χ0v) is 8.00. The van der Waals surface area contributed by atoms with Crippen LogP contribution in [-0.2, 0) is 0 Å². The second-order valence-electron chi connectivity index (χ2n) is 3.42. The molecule has 0 heterocycles. The van der Waals surface area contributed by atoms with Crippen LogP contribution >= 0.6 is 0 Å². The van der Waals surface area contributed by atoms with Crippen LogP contribution in [0.5, 0.6) is 0 Å². The van der Waals surface area contributed by atoms with Gasteiger partial charge in [-0.2, -0.15) is 0 Å². The second-order valence-corrected chi connectivity index (χ2v) is 3.42. The third kappa shape index (κ3) is 3.13. The topological polar surface area (TPSA) is 29.3 Å². The minimum atomic E-state index is -0.230. The van der Waals surface area contributed by atoms with E-state index in [0.717, 1.165) is 12.1 Å². The predicted molar refractivity (Wildman–Crippen MR) is 51.9 cm³/mol. The summed E-state index contributed by atoms with van der Waals surface area (Å²) in [7, 11) is 3.89. The Morgan fingerprint density at radius 3 is 2.69 bits per heavy atom. The average Bonchev–Trinajstić information content (AvgIpc) is 2.03. The monoisotopic (exact) mass is 182 g/mol. The zero-order chi connectivity index (χ0) is 9.84. The molecule has 0 saturated carbocycles. The summed E-state index contributed by atoms with van der Waals surface area (Å²) in [6.07, 6.45) is 0. The first-order chi connectivity index (χ1) is 6.09. The van der Waals surface area contributed by atoms with Gasteiger partial charge in [0.1, 0.15) is 5.82 Å². The van der Waals surface area contributed by atoms with E-state index in [0.29, 0.717) is 0 Å². The average molecular weight is 182 g/mol. The molecule has 0 fully saturated rings. The molecule has 2 nitrogen and oxygen atoms in total. The summed E-state index contributed by atoms with van der Waals surface area (Å²) in [5.41, 5.74) is 6.70. The van der Waals surface area contributed by atoms with Gasteiger partial charge in [-0.25, -0.2) is 4.39 Å². The maximum Gasteiger partial charge on any atom is 0.123 e. The molecule has 0 amide bonds. The summed E-state index contributed by atoms with van der Waals surface area (Å²) >= 11 is 0. The normalized spacial score (nSPS) is 13.3. The number of hydrogen-bond donors (Lipinski definition) is 1. The lowest BCUT2D eigenvalue weighted by Crippen LogP contribution is -2.25. The molecule has 0 saturated heterocycles. The second kappa shape index (κ2) is 4.35. The van der Waals surface area contributed by atoms with Crippen LogP contribution in [0.4, 0.5) is 4.39 Å². The molecule has 0 unspecified atom stereocenters. The molecule has 1 atom stereocenters. The Morgan fingerprint density at radius 1 is 1.46 bits per heavy atom. The molecule has 0 bridgehead atoms. The Morgan fingerprint density at radius 2 is 2.15 bits per heavy atom. The van der Waals surface area contributed by atoms with Crippen molar-refractivity contribution in [3.63, 3.8) is 0 Å². The van der Waals surface area contributed by atoms with Gasteiger partial charge in [0.15, 0.2) is 0 Å². The first-order valence-electron chi connectivity index (χ1n) is 4.25. The van der Waals surface area contributed by atoms with Crippen molar-refractivity contribution in [1.82, 2.24) is 4.90 Å². The van der Waals surface area contributed by atoms with E-state index in [1.54, 1.807) is 6.07 Å². The Balaban J connectivity index is 2.71. The van der Waals surface area contributed by atoms with Gasteiger partial charge in [0.05, 0.1) is 0 Å². The SMILES string of the molecule is CN(C)C[C@@H](N)c1cccc(F)c1. The lowest BCUT2D eigenvalue weighted by Gasteiger charge is -2.16. The van der Waals surface area contributed by atoms with Crippen LogP contribution in [0.3, 0.4) is 0 Å². The molecule has 1 aromatic carbocycles. The zero-order valence-electron chi connectivity index (χ0n) is 8.00. The third-order valence-corrected chi connectivity index (χ3v) is 1.84. The summed E-state index contributed by atoms with van der Waals surface area (Å²) in [4.78, 5) is 1.98. The fraction of sp³-hybridized carbons (Fsp3) is 0.400. The summed E-state index contributed by atoms with van der Waals surface area (Å²) in [5.74, 6) is -0.230. The van der Waals surface area contributed by atoms with Crippen LogP contribution in [-0.4, -0.2) is 25.5 Å². The molecule has 2 N–H and O–H groups in total. The minimum Gasteiger partial charge on any atom is -0.323 e. The van der Waals surface area contributed by atoms with Gasteiger partial charge in [0.2, 0.25) is 0 Å². The van der Waals surface area contributed by atoms with Crippen molar-refractivity contribution in [2.24, 2.45) is 5.73 Å². The lowest BCUT2D eigenvalue weighted by molar-refractivity contribution is 0.376. The molecule has 0 aromatic heterocycles. The molecule has 0 radical (unpaired) electrons. The molecule has 0 aliphatic rings. The fourth-order valence-corrected chi connectivity index (χ4v) is 1.24. The summed E-state index contributed by atoms with van der Waals surface area (Å²) in [6, 6.07) is 6.31. The van der Waals surface area contributed by atoms with Crippen LogP contribution in [0.15, 0.2) is 24.3 Å².